The Balaban J connectivity index is 0. The van der Waals surface area contributed by atoms with Crippen LogP contribution in [0.1, 0.15) is 20.3 Å². The second kappa shape index (κ2) is 11.9. The van der Waals surface area contributed by atoms with Crippen molar-refractivity contribution >= 4 is 12.0 Å². The topological polar surface area (TPSA) is 81.8 Å². The lowest BCUT2D eigenvalue weighted by Gasteiger charge is -1.97. The van der Waals surface area contributed by atoms with Crippen LogP contribution in [-0.2, 0) is 9.37 Å². The van der Waals surface area contributed by atoms with Gasteiger partial charge in [-0.05, 0) is 6.08 Å². The number of allylic oxidation sites excluding steroid dienone is 2. The molecule has 0 aromatic carbocycles. The quantitative estimate of drug-likeness (QED) is 0.255. The zero-order valence-electron chi connectivity index (χ0n) is 9.21. The van der Waals surface area contributed by atoms with E-state index in [1.807, 2.05) is 0 Å². The smallest absolute Gasteiger partial charge is 0.258 e. The molecule has 92 valence electrons. The van der Waals surface area contributed by atoms with Gasteiger partial charge in [0.1, 0.15) is 4.91 Å². The van der Waals surface area contributed by atoms with E-state index in [2.05, 4.69) is 36.4 Å². The summed E-state index contributed by atoms with van der Waals surface area (Å²) in [7, 11) is 0. The Labute approximate surface area is 98.5 Å². The van der Waals surface area contributed by atoms with Crippen molar-refractivity contribution in [3.8, 4) is 0 Å². The number of hydrogen-bond acceptors (Lipinski definition) is 6. The molecule has 0 aliphatic rings. The molecular weight excluding hydrogens is 234 g/mol. The van der Waals surface area contributed by atoms with E-state index in [9.17, 15) is 10.1 Å². The molecule has 0 aliphatic carbocycles. The van der Waals surface area contributed by atoms with E-state index in [-0.39, 0.29) is 10.6 Å². The lowest BCUT2D eigenvalue weighted by molar-refractivity contribution is -0.432. The third-order valence-corrected chi connectivity index (χ3v) is 1.67. The average molecular weight is 249 g/mol. The molecule has 0 amide bonds. The highest BCUT2D eigenvalue weighted by Gasteiger charge is 2.13. The lowest BCUT2D eigenvalue weighted by Crippen LogP contribution is -1.98. The van der Waals surface area contributed by atoms with Gasteiger partial charge in [0.15, 0.2) is 0 Å². The van der Waals surface area contributed by atoms with E-state index in [0.717, 1.165) is 6.08 Å². The third kappa shape index (κ3) is 8.18. The van der Waals surface area contributed by atoms with Crippen LogP contribution in [0, 0.1) is 10.1 Å². The second-order valence-electron chi connectivity index (χ2n) is 2.35. The van der Waals surface area contributed by atoms with Crippen molar-refractivity contribution in [3.05, 3.63) is 46.0 Å². The molecule has 0 atom stereocenters. The molecule has 0 aromatic heterocycles. The summed E-state index contributed by atoms with van der Waals surface area (Å²) in [6, 6.07) is 0. The monoisotopic (exact) mass is 249 g/mol. The molecule has 0 fully saturated rings. The summed E-state index contributed by atoms with van der Waals surface area (Å²) < 4.78 is 4.01. The van der Waals surface area contributed by atoms with Gasteiger partial charge in [0.2, 0.25) is 0 Å². The molecule has 1 N–H and O–H groups in total. The van der Waals surface area contributed by atoms with Crippen molar-refractivity contribution in [1.82, 2.24) is 0 Å². The van der Waals surface area contributed by atoms with Crippen LogP contribution in [0.4, 0.5) is 0 Å². The molecule has 0 rings (SSSR count). The fourth-order valence-corrected chi connectivity index (χ4v) is 0.913. The molecule has 0 aliphatic heterocycles. The molecule has 7 heteroatoms. The number of rotatable bonds is 6. The van der Waals surface area contributed by atoms with Gasteiger partial charge in [0.25, 0.3) is 5.70 Å². The van der Waals surface area contributed by atoms with Gasteiger partial charge in [-0.25, -0.2) is 5.26 Å². The molecule has 0 bridgehead atoms. The van der Waals surface area contributed by atoms with E-state index in [0.29, 0.717) is 12.0 Å². The largest absolute Gasteiger partial charge is 0.284 e. The zero-order valence-corrected chi connectivity index (χ0v) is 10.0. The molecule has 16 heavy (non-hydrogen) atoms. The Kier molecular flexibility index (Phi) is 12.9. The SMILES string of the molecule is C=C/C(SOOO)=C(\C=C)[N+](=O)[O-].CCC. The molecule has 6 nitrogen and oxygen atoms in total. The van der Waals surface area contributed by atoms with E-state index in [1.165, 1.54) is 12.5 Å². The minimum atomic E-state index is -0.655. The number of hydrogen-bond donors (Lipinski definition) is 1. The molecule has 0 heterocycles. The van der Waals surface area contributed by atoms with Crippen LogP contribution >= 0.6 is 12.0 Å². The van der Waals surface area contributed by atoms with Gasteiger partial charge in [0, 0.05) is 6.08 Å². The van der Waals surface area contributed by atoms with Gasteiger partial charge >= 0.3 is 0 Å². The Bertz CT molecular complexity index is 265. The molecule has 0 radical (unpaired) electrons. The van der Waals surface area contributed by atoms with Crippen LogP contribution in [0.5, 0.6) is 0 Å². The van der Waals surface area contributed by atoms with Crippen LogP contribution in [0.3, 0.4) is 0 Å². The summed E-state index contributed by atoms with van der Waals surface area (Å²) in [6.45, 7) is 10.8. The lowest BCUT2D eigenvalue weighted by atomic mass is 10.4. The van der Waals surface area contributed by atoms with Gasteiger partial charge in [-0.2, -0.15) is 0 Å². The average Bonchev–Trinajstić information content (AvgIpc) is 2.24. The highest BCUT2D eigenvalue weighted by molar-refractivity contribution is 7.98. The van der Waals surface area contributed by atoms with Gasteiger partial charge in [0.05, 0.1) is 17.0 Å². The predicted octanol–water partition coefficient (Wildman–Crippen LogP) is 3.33. The maximum atomic E-state index is 10.4. The van der Waals surface area contributed by atoms with Crippen molar-refractivity contribution in [2.24, 2.45) is 0 Å². The van der Waals surface area contributed by atoms with Crippen molar-refractivity contribution in [3.63, 3.8) is 0 Å². The predicted molar refractivity (Wildman–Crippen MR) is 62.8 cm³/mol. The van der Waals surface area contributed by atoms with Crippen molar-refractivity contribution < 1.29 is 19.6 Å². The van der Waals surface area contributed by atoms with Crippen LogP contribution in [-0.4, -0.2) is 10.2 Å². The van der Waals surface area contributed by atoms with E-state index in [4.69, 9.17) is 5.26 Å². The molecule has 0 spiro atoms. The third-order valence-electron chi connectivity index (χ3n) is 0.982. The minimum absolute atomic E-state index is 0.0778. The van der Waals surface area contributed by atoms with Crippen molar-refractivity contribution in [2.45, 2.75) is 20.3 Å². The maximum Gasteiger partial charge on any atom is 0.284 e. The summed E-state index contributed by atoms with van der Waals surface area (Å²) in [4.78, 5) is 9.77. The molecule has 0 aromatic rings. The number of nitrogens with zero attached hydrogens (tertiary/aromatic N) is 1. The van der Waals surface area contributed by atoms with Gasteiger partial charge in [-0.3, -0.25) is 10.1 Å². The summed E-state index contributed by atoms with van der Waals surface area (Å²) in [6.07, 6.45) is 3.47. The molecule has 0 saturated carbocycles. The van der Waals surface area contributed by atoms with Gasteiger partial charge in [-0.1, -0.05) is 38.5 Å². The Morgan fingerprint density at radius 3 is 2.25 bits per heavy atom. The molecule has 0 unspecified atom stereocenters. The maximum absolute atomic E-state index is 10.4. The van der Waals surface area contributed by atoms with Crippen LogP contribution in [0.15, 0.2) is 35.9 Å². The van der Waals surface area contributed by atoms with Crippen LogP contribution < -0.4 is 0 Å². The standard InChI is InChI=1S/C6H7NO5S.C3H8/c1-3-5(7(8)9)6(4-2)13-12-11-10;1-3-2/h3-4,10H,1-2H2;3H2,1-2H3/b6-5-;. The first-order chi connectivity index (χ1) is 7.58. The Hall–Kier alpha value is -1.15. The highest BCUT2D eigenvalue weighted by Crippen LogP contribution is 2.22. The first-order valence-electron chi connectivity index (χ1n) is 4.37. The molecular formula is C9H15NO5S. The van der Waals surface area contributed by atoms with Crippen molar-refractivity contribution in [2.75, 3.05) is 0 Å². The van der Waals surface area contributed by atoms with Gasteiger partial charge in [-0.15, -0.1) is 4.33 Å². The first-order valence-corrected chi connectivity index (χ1v) is 5.11. The van der Waals surface area contributed by atoms with Crippen LogP contribution in [0.25, 0.3) is 0 Å². The summed E-state index contributed by atoms with van der Waals surface area (Å²) >= 11 is 0.459. The normalized spacial score (nSPS) is 10.7. The Morgan fingerprint density at radius 2 is 2.00 bits per heavy atom. The first kappa shape index (κ1) is 17.3. The minimum Gasteiger partial charge on any atom is -0.258 e. The van der Waals surface area contributed by atoms with Crippen molar-refractivity contribution in [1.29, 1.82) is 0 Å². The van der Waals surface area contributed by atoms with Crippen LogP contribution in [0.2, 0.25) is 0 Å². The fraction of sp³-hybridized carbons (Fsp3) is 0.333. The highest BCUT2D eigenvalue weighted by atomic mass is 32.2. The summed E-state index contributed by atoms with van der Waals surface area (Å²) in [5, 5.41) is 21.4. The van der Waals surface area contributed by atoms with E-state index >= 15 is 0 Å². The fourth-order valence-electron chi connectivity index (χ4n) is 0.498. The van der Waals surface area contributed by atoms with Gasteiger partial charge < -0.3 is 0 Å². The second-order valence-corrected chi connectivity index (χ2v) is 3.09. The van der Waals surface area contributed by atoms with E-state index in [1.54, 1.807) is 0 Å². The summed E-state index contributed by atoms with van der Waals surface area (Å²) in [5.74, 6) is 0. The summed E-state index contributed by atoms with van der Waals surface area (Å²) in [5.41, 5.74) is -0.281. The molecule has 0 saturated heterocycles. The number of nitro groups is 1. The van der Waals surface area contributed by atoms with E-state index < -0.39 is 4.92 Å². The Morgan fingerprint density at radius 1 is 1.50 bits per heavy atom. The zero-order chi connectivity index (χ0) is 13.0.